The van der Waals surface area contributed by atoms with Gasteiger partial charge in [-0.3, -0.25) is 9.52 Å². The van der Waals surface area contributed by atoms with Crippen LogP contribution in [-0.4, -0.2) is 34.6 Å². The van der Waals surface area contributed by atoms with Crippen LogP contribution in [0, 0.1) is 6.92 Å². The van der Waals surface area contributed by atoms with Crippen molar-refractivity contribution >= 4 is 33.2 Å². The highest BCUT2D eigenvalue weighted by molar-refractivity contribution is 7.92. The topological polar surface area (TPSA) is 93.7 Å². The summed E-state index contributed by atoms with van der Waals surface area (Å²) < 4.78 is 38.9. The van der Waals surface area contributed by atoms with E-state index in [9.17, 15) is 13.2 Å². The molecule has 162 valence electrons. The molecule has 0 bridgehead atoms. The van der Waals surface area contributed by atoms with Gasteiger partial charge in [-0.2, -0.15) is 0 Å². The van der Waals surface area contributed by atoms with Gasteiger partial charge in [-0.1, -0.05) is 30.5 Å². The van der Waals surface area contributed by atoms with E-state index in [1.54, 1.807) is 13.0 Å². The molecule has 0 spiro atoms. The smallest absolute Gasteiger partial charge is 0.262 e. The summed E-state index contributed by atoms with van der Waals surface area (Å²) in [6.07, 6.45) is 4.08. The predicted molar refractivity (Wildman–Crippen MR) is 116 cm³/mol. The lowest BCUT2D eigenvalue weighted by Crippen LogP contribution is -2.33. The molecule has 1 aliphatic rings. The van der Waals surface area contributed by atoms with E-state index >= 15 is 0 Å². The number of halogens is 1. The standard InChI is InChI=1S/C21H25ClN2O5S/c1-13-8-9-15(10-16(13)21(25)23-14-6-4-5-7-14)30(26,27)24-18-11-17(22)19(28-2)12-20(18)29-3/h8-12,14,24H,4-7H2,1-3H3,(H,23,25). The summed E-state index contributed by atoms with van der Waals surface area (Å²) in [5.74, 6) is 0.352. The summed E-state index contributed by atoms with van der Waals surface area (Å²) in [6, 6.07) is 7.52. The number of methoxy groups -OCH3 is 2. The zero-order valence-corrected chi connectivity index (χ0v) is 18.7. The molecule has 1 amide bonds. The van der Waals surface area contributed by atoms with Gasteiger partial charge in [-0.15, -0.1) is 0 Å². The number of rotatable bonds is 7. The van der Waals surface area contributed by atoms with Crippen LogP contribution in [-0.2, 0) is 10.0 Å². The fourth-order valence-electron chi connectivity index (χ4n) is 3.49. The van der Waals surface area contributed by atoms with Gasteiger partial charge in [0.1, 0.15) is 11.5 Å². The average molecular weight is 453 g/mol. The van der Waals surface area contributed by atoms with Gasteiger partial charge in [0.05, 0.1) is 29.8 Å². The minimum atomic E-state index is -3.99. The van der Waals surface area contributed by atoms with Gasteiger partial charge < -0.3 is 14.8 Å². The first-order chi connectivity index (χ1) is 14.2. The monoisotopic (exact) mass is 452 g/mol. The molecule has 3 rings (SSSR count). The third-order valence-electron chi connectivity index (χ3n) is 5.17. The molecular formula is C21H25ClN2O5S. The highest BCUT2D eigenvalue weighted by Crippen LogP contribution is 2.37. The minimum absolute atomic E-state index is 0.0290. The molecular weight excluding hydrogens is 428 g/mol. The molecule has 0 atom stereocenters. The molecule has 0 unspecified atom stereocenters. The second-order valence-corrected chi connectivity index (χ2v) is 9.31. The first kappa shape index (κ1) is 22.2. The number of anilines is 1. The zero-order chi connectivity index (χ0) is 21.9. The van der Waals surface area contributed by atoms with Gasteiger partial charge in [-0.25, -0.2) is 8.42 Å². The fourth-order valence-corrected chi connectivity index (χ4v) is 4.82. The third kappa shape index (κ3) is 4.82. The number of ether oxygens (including phenoxy) is 2. The Hall–Kier alpha value is -2.45. The second-order valence-electron chi connectivity index (χ2n) is 7.22. The molecule has 2 aromatic carbocycles. The number of carbonyl (C=O) groups is 1. The molecule has 0 aliphatic heterocycles. The summed E-state index contributed by atoms with van der Waals surface area (Å²) in [4.78, 5) is 12.7. The molecule has 7 nitrogen and oxygen atoms in total. The Morgan fingerprint density at radius 1 is 1.07 bits per heavy atom. The molecule has 2 N–H and O–H groups in total. The SMILES string of the molecule is COc1cc(OC)c(NS(=O)(=O)c2ccc(C)c(C(=O)NC3CCCC3)c2)cc1Cl. The number of hydrogen-bond donors (Lipinski definition) is 2. The number of carbonyl (C=O) groups excluding carboxylic acids is 1. The maximum Gasteiger partial charge on any atom is 0.262 e. The van der Waals surface area contributed by atoms with Gasteiger partial charge in [0, 0.05) is 17.7 Å². The number of benzene rings is 2. The molecule has 0 heterocycles. The average Bonchev–Trinajstić information content (AvgIpc) is 3.21. The van der Waals surface area contributed by atoms with E-state index in [1.807, 2.05) is 0 Å². The lowest BCUT2D eigenvalue weighted by atomic mass is 10.1. The fraction of sp³-hybridized carbons (Fsp3) is 0.381. The Morgan fingerprint density at radius 3 is 2.37 bits per heavy atom. The first-order valence-corrected chi connectivity index (χ1v) is 11.5. The Bertz CT molecular complexity index is 1050. The molecule has 2 aromatic rings. The van der Waals surface area contributed by atoms with Crippen molar-refractivity contribution in [3.63, 3.8) is 0 Å². The minimum Gasteiger partial charge on any atom is -0.495 e. The van der Waals surface area contributed by atoms with E-state index in [-0.39, 0.29) is 33.3 Å². The summed E-state index contributed by atoms with van der Waals surface area (Å²) in [7, 11) is -1.12. The van der Waals surface area contributed by atoms with Gasteiger partial charge in [0.15, 0.2) is 0 Å². The van der Waals surface area contributed by atoms with Crippen molar-refractivity contribution in [1.29, 1.82) is 0 Å². The van der Waals surface area contributed by atoms with Crippen LogP contribution in [0.2, 0.25) is 5.02 Å². The molecule has 0 saturated heterocycles. The van der Waals surface area contributed by atoms with Gasteiger partial charge in [0.2, 0.25) is 0 Å². The number of hydrogen-bond acceptors (Lipinski definition) is 5. The molecule has 0 radical (unpaired) electrons. The van der Waals surface area contributed by atoms with Crippen LogP contribution >= 0.6 is 11.6 Å². The molecule has 0 aromatic heterocycles. The highest BCUT2D eigenvalue weighted by Gasteiger charge is 2.23. The Morgan fingerprint density at radius 2 is 1.73 bits per heavy atom. The molecule has 1 fully saturated rings. The third-order valence-corrected chi connectivity index (χ3v) is 6.83. The number of sulfonamides is 1. The van der Waals surface area contributed by atoms with Crippen molar-refractivity contribution in [2.75, 3.05) is 18.9 Å². The van der Waals surface area contributed by atoms with E-state index in [4.69, 9.17) is 21.1 Å². The highest BCUT2D eigenvalue weighted by atomic mass is 35.5. The van der Waals surface area contributed by atoms with Crippen LogP contribution in [0.15, 0.2) is 35.2 Å². The summed E-state index contributed by atoms with van der Waals surface area (Å²) in [5, 5.41) is 3.23. The van der Waals surface area contributed by atoms with Crippen molar-refractivity contribution in [3.05, 3.63) is 46.5 Å². The van der Waals surface area contributed by atoms with Crippen molar-refractivity contribution < 1.29 is 22.7 Å². The van der Waals surface area contributed by atoms with Crippen LogP contribution in [0.3, 0.4) is 0 Å². The number of aryl methyl sites for hydroxylation is 1. The first-order valence-electron chi connectivity index (χ1n) is 9.61. The lowest BCUT2D eigenvalue weighted by Gasteiger charge is -2.16. The normalized spacial score (nSPS) is 14.4. The molecule has 30 heavy (non-hydrogen) atoms. The maximum atomic E-state index is 13.0. The van der Waals surface area contributed by atoms with Crippen molar-refractivity contribution in [1.82, 2.24) is 5.32 Å². The summed E-state index contributed by atoms with van der Waals surface area (Å²) >= 11 is 6.13. The zero-order valence-electron chi connectivity index (χ0n) is 17.1. The van der Waals surface area contributed by atoms with Crippen LogP contribution in [0.5, 0.6) is 11.5 Å². The number of nitrogens with one attached hydrogen (secondary N) is 2. The van der Waals surface area contributed by atoms with Gasteiger partial charge in [-0.05, 0) is 43.5 Å². The van der Waals surface area contributed by atoms with Gasteiger partial charge in [0.25, 0.3) is 15.9 Å². The van der Waals surface area contributed by atoms with Crippen molar-refractivity contribution in [2.45, 2.75) is 43.5 Å². The van der Waals surface area contributed by atoms with Crippen LogP contribution in [0.1, 0.15) is 41.6 Å². The maximum absolute atomic E-state index is 13.0. The Labute approximate surface area is 181 Å². The van der Waals surface area contributed by atoms with Crippen molar-refractivity contribution in [3.8, 4) is 11.5 Å². The van der Waals surface area contributed by atoms with Crippen LogP contribution in [0.25, 0.3) is 0 Å². The van der Waals surface area contributed by atoms with Crippen LogP contribution < -0.4 is 19.5 Å². The van der Waals surface area contributed by atoms with Gasteiger partial charge >= 0.3 is 0 Å². The number of amides is 1. The summed E-state index contributed by atoms with van der Waals surface area (Å²) in [6.45, 7) is 1.78. The quantitative estimate of drug-likeness (QED) is 0.658. The van der Waals surface area contributed by atoms with E-state index < -0.39 is 10.0 Å². The van der Waals surface area contributed by atoms with E-state index in [2.05, 4.69) is 10.0 Å². The predicted octanol–water partition coefficient (Wildman–Crippen LogP) is 4.14. The Balaban J connectivity index is 1.89. The van der Waals surface area contributed by atoms with E-state index in [0.29, 0.717) is 16.9 Å². The van der Waals surface area contributed by atoms with Crippen molar-refractivity contribution in [2.24, 2.45) is 0 Å². The molecule has 1 aliphatic carbocycles. The van der Waals surface area contributed by atoms with E-state index in [1.165, 1.54) is 38.5 Å². The second kappa shape index (κ2) is 9.14. The molecule has 1 saturated carbocycles. The van der Waals surface area contributed by atoms with Crippen LogP contribution in [0.4, 0.5) is 5.69 Å². The van der Waals surface area contributed by atoms with E-state index in [0.717, 1.165) is 25.7 Å². The Kier molecular flexibility index (Phi) is 6.77. The largest absolute Gasteiger partial charge is 0.495 e. The summed E-state index contributed by atoms with van der Waals surface area (Å²) in [5.41, 5.74) is 1.21. The molecule has 9 heteroatoms. The lowest BCUT2D eigenvalue weighted by molar-refractivity contribution is 0.0937.